The highest BCUT2D eigenvalue weighted by atomic mass is 19.4. The maximum atomic E-state index is 12.1. The third kappa shape index (κ3) is 6.28. The number of hydrazine groups is 1. The van der Waals surface area contributed by atoms with Gasteiger partial charge in [0.2, 0.25) is 5.96 Å². The molecule has 112 valence electrons. The number of rotatable bonds is 4. The van der Waals surface area contributed by atoms with Crippen molar-refractivity contribution >= 4 is 11.6 Å². The second kappa shape index (κ2) is 6.99. The number of benzene rings is 1. The van der Waals surface area contributed by atoms with E-state index in [0.717, 1.165) is 0 Å². The van der Waals surface area contributed by atoms with E-state index < -0.39 is 6.36 Å². The number of nitrogens with zero attached hydrogens (tertiary/aromatic N) is 1. The van der Waals surface area contributed by atoms with Gasteiger partial charge in [0, 0.05) is 18.3 Å². The highest BCUT2D eigenvalue weighted by Crippen LogP contribution is 2.24. The van der Waals surface area contributed by atoms with E-state index in [2.05, 4.69) is 20.5 Å². The van der Waals surface area contributed by atoms with Crippen LogP contribution in [0.1, 0.15) is 13.8 Å². The Labute approximate surface area is 115 Å². The lowest BCUT2D eigenvalue weighted by Crippen LogP contribution is -2.36. The van der Waals surface area contributed by atoms with Crippen LogP contribution in [0.25, 0.3) is 0 Å². The van der Waals surface area contributed by atoms with E-state index >= 15 is 0 Å². The van der Waals surface area contributed by atoms with Gasteiger partial charge >= 0.3 is 6.36 Å². The van der Waals surface area contributed by atoms with Crippen LogP contribution in [0.15, 0.2) is 29.3 Å². The second-order valence-corrected chi connectivity index (χ2v) is 4.43. The Bertz CT molecular complexity index is 460. The van der Waals surface area contributed by atoms with Gasteiger partial charge in [-0.15, -0.1) is 13.2 Å². The molecule has 0 aliphatic heterocycles. The van der Waals surface area contributed by atoms with Crippen LogP contribution in [-0.2, 0) is 0 Å². The van der Waals surface area contributed by atoms with Gasteiger partial charge in [-0.25, -0.2) is 5.84 Å². The summed E-state index contributed by atoms with van der Waals surface area (Å²) in [7, 11) is 0. The quantitative estimate of drug-likeness (QED) is 0.345. The maximum absolute atomic E-state index is 12.1. The third-order valence-electron chi connectivity index (χ3n) is 2.08. The average molecular weight is 290 g/mol. The van der Waals surface area contributed by atoms with E-state index in [1.807, 2.05) is 13.8 Å². The second-order valence-electron chi connectivity index (χ2n) is 4.43. The number of guanidine groups is 1. The van der Waals surface area contributed by atoms with Crippen LogP contribution in [0.3, 0.4) is 0 Å². The monoisotopic (exact) mass is 290 g/mol. The molecule has 1 rings (SSSR count). The molecule has 4 N–H and O–H groups in total. The summed E-state index contributed by atoms with van der Waals surface area (Å²) >= 11 is 0. The van der Waals surface area contributed by atoms with E-state index in [1.54, 1.807) is 6.07 Å². The molecule has 20 heavy (non-hydrogen) atoms. The Kier molecular flexibility index (Phi) is 5.63. The Morgan fingerprint density at radius 1 is 1.40 bits per heavy atom. The van der Waals surface area contributed by atoms with Crippen molar-refractivity contribution in [3.05, 3.63) is 24.3 Å². The van der Waals surface area contributed by atoms with Gasteiger partial charge in [0.1, 0.15) is 5.75 Å². The first-order valence-corrected chi connectivity index (χ1v) is 5.94. The molecule has 0 saturated carbocycles. The van der Waals surface area contributed by atoms with Crippen LogP contribution >= 0.6 is 0 Å². The zero-order chi connectivity index (χ0) is 15.2. The van der Waals surface area contributed by atoms with Gasteiger partial charge in [0.15, 0.2) is 0 Å². The fourth-order valence-electron chi connectivity index (χ4n) is 1.30. The molecule has 0 amide bonds. The van der Waals surface area contributed by atoms with Crippen molar-refractivity contribution in [3.8, 4) is 5.75 Å². The first-order valence-electron chi connectivity index (χ1n) is 5.94. The summed E-state index contributed by atoms with van der Waals surface area (Å²) in [4.78, 5) is 4.15. The number of hydrogen-bond acceptors (Lipinski definition) is 3. The molecule has 8 heteroatoms. The summed E-state index contributed by atoms with van der Waals surface area (Å²) in [6, 6.07) is 5.42. The van der Waals surface area contributed by atoms with Crippen molar-refractivity contribution in [1.82, 2.24) is 5.43 Å². The Morgan fingerprint density at radius 3 is 2.65 bits per heavy atom. The number of halogens is 3. The minimum atomic E-state index is -4.72. The molecule has 0 spiro atoms. The molecule has 1 aromatic carbocycles. The number of ether oxygens (including phenoxy) is 1. The predicted octanol–water partition coefficient (Wildman–Crippen LogP) is 2.47. The van der Waals surface area contributed by atoms with E-state index in [4.69, 9.17) is 5.84 Å². The zero-order valence-electron chi connectivity index (χ0n) is 11.2. The van der Waals surface area contributed by atoms with Crippen LogP contribution in [0.2, 0.25) is 0 Å². The number of nitrogens with one attached hydrogen (secondary N) is 2. The number of hydrogen-bond donors (Lipinski definition) is 3. The predicted molar refractivity (Wildman–Crippen MR) is 71.2 cm³/mol. The maximum Gasteiger partial charge on any atom is 0.573 e. The molecule has 0 radical (unpaired) electrons. The van der Waals surface area contributed by atoms with E-state index in [9.17, 15) is 13.2 Å². The molecule has 0 fully saturated rings. The van der Waals surface area contributed by atoms with Gasteiger partial charge in [-0.1, -0.05) is 19.9 Å². The fraction of sp³-hybridized carbons (Fsp3) is 0.417. The van der Waals surface area contributed by atoms with Gasteiger partial charge < -0.3 is 10.1 Å². The summed E-state index contributed by atoms with van der Waals surface area (Å²) in [5.41, 5.74) is 2.73. The zero-order valence-corrected chi connectivity index (χ0v) is 11.2. The van der Waals surface area contributed by atoms with Crippen LogP contribution in [0.4, 0.5) is 18.9 Å². The first-order chi connectivity index (χ1) is 9.30. The lowest BCUT2D eigenvalue weighted by Gasteiger charge is -2.12. The minimum Gasteiger partial charge on any atom is -0.406 e. The van der Waals surface area contributed by atoms with Gasteiger partial charge in [-0.2, -0.15) is 0 Å². The van der Waals surface area contributed by atoms with Crippen molar-refractivity contribution in [2.75, 3.05) is 11.9 Å². The summed E-state index contributed by atoms with van der Waals surface area (Å²) in [5.74, 6) is 5.58. The summed E-state index contributed by atoms with van der Waals surface area (Å²) < 4.78 is 40.2. The molecule has 0 aliphatic carbocycles. The Hall–Kier alpha value is -1.96. The molecule has 0 heterocycles. The van der Waals surface area contributed by atoms with Crippen molar-refractivity contribution in [1.29, 1.82) is 0 Å². The van der Waals surface area contributed by atoms with Crippen molar-refractivity contribution in [3.63, 3.8) is 0 Å². The molecule has 0 aliphatic rings. The van der Waals surface area contributed by atoms with Crippen LogP contribution in [-0.4, -0.2) is 18.9 Å². The summed E-state index contributed by atoms with van der Waals surface area (Å²) in [6.45, 7) is 4.50. The van der Waals surface area contributed by atoms with Gasteiger partial charge in [0.05, 0.1) is 0 Å². The van der Waals surface area contributed by atoms with E-state index in [0.29, 0.717) is 18.2 Å². The SMILES string of the molecule is CC(C)CN=C(NN)Nc1cccc(OC(F)(F)F)c1. The smallest absolute Gasteiger partial charge is 0.406 e. The standard InChI is InChI=1S/C12H17F3N4O/c1-8(2)7-17-11(19-16)18-9-4-3-5-10(6-9)20-12(13,14)15/h3-6,8H,7,16H2,1-2H3,(H2,17,18,19). The lowest BCUT2D eigenvalue weighted by molar-refractivity contribution is -0.274. The fourth-order valence-corrected chi connectivity index (χ4v) is 1.30. The van der Waals surface area contributed by atoms with Crippen LogP contribution < -0.4 is 21.3 Å². The lowest BCUT2D eigenvalue weighted by atomic mass is 10.2. The van der Waals surface area contributed by atoms with Crippen molar-refractivity contribution < 1.29 is 17.9 Å². The van der Waals surface area contributed by atoms with Gasteiger partial charge in [0.25, 0.3) is 0 Å². The van der Waals surface area contributed by atoms with Crippen molar-refractivity contribution in [2.24, 2.45) is 16.8 Å². The van der Waals surface area contributed by atoms with Crippen LogP contribution in [0.5, 0.6) is 5.75 Å². The molecule has 0 saturated heterocycles. The average Bonchev–Trinajstić information content (AvgIpc) is 2.32. The number of nitrogens with two attached hydrogens (primary N) is 1. The molecular weight excluding hydrogens is 273 g/mol. The van der Waals surface area contributed by atoms with E-state index in [1.165, 1.54) is 18.2 Å². The minimum absolute atomic E-state index is 0.267. The largest absolute Gasteiger partial charge is 0.573 e. The first kappa shape index (κ1) is 16.1. The summed E-state index contributed by atoms with van der Waals surface area (Å²) in [5, 5.41) is 2.78. The molecular formula is C12H17F3N4O. The topological polar surface area (TPSA) is 71.7 Å². The molecule has 0 unspecified atom stereocenters. The number of aliphatic imine (C=N–C) groups is 1. The summed E-state index contributed by atoms with van der Waals surface area (Å²) in [6.07, 6.45) is -4.72. The van der Waals surface area contributed by atoms with Gasteiger partial charge in [-0.05, 0) is 18.1 Å². The Balaban J connectivity index is 2.76. The molecule has 0 bridgehead atoms. The molecule has 5 nitrogen and oxygen atoms in total. The van der Waals surface area contributed by atoms with Gasteiger partial charge in [-0.3, -0.25) is 10.4 Å². The molecule has 0 aromatic heterocycles. The highest BCUT2D eigenvalue weighted by Gasteiger charge is 2.31. The molecule has 1 aromatic rings. The molecule has 0 atom stereocenters. The van der Waals surface area contributed by atoms with E-state index in [-0.39, 0.29) is 11.7 Å². The highest BCUT2D eigenvalue weighted by molar-refractivity contribution is 5.93. The number of alkyl halides is 3. The normalized spacial score (nSPS) is 12.4. The number of anilines is 1. The van der Waals surface area contributed by atoms with Crippen LogP contribution in [0, 0.1) is 5.92 Å². The van der Waals surface area contributed by atoms with Crippen molar-refractivity contribution in [2.45, 2.75) is 20.2 Å². The Morgan fingerprint density at radius 2 is 2.10 bits per heavy atom. The third-order valence-corrected chi connectivity index (χ3v) is 2.08.